The van der Waals surface area contributed by atoms with E-state index >= 15 is 0 Å². The average molecular weight is 375 g/mol. The van der Waals surface area contributed by atoms with Crippen LogP contribution < -0.4 is 23.7 Å². The summed E-state index contributed by atoms with van der Waals surface area (Å²) in [6, 6.07) is 7.96. The molecule has 27 heavy (non-hydrogen) atoms. The fourth-order valence-electron chi connectivity index (χ4n) is 2.55. The lowest BCUT2D eigenvalue weighted by molar-refractivity contribution is -0.374. The van der Waals surface area contributed by atoms with Crippen LogP contribution in [0.1, 0.15) is 11.1 Å². The number of methoxy groups -OCH3 is 5. The monoisotopic (exact) mass is 375 g/mol. The van der Waals surface area contributed by atoms with Crippen molar-refractivity contribution in [3.8, 4) is 28.7 Å². The molecule has 0 N–H and O–H groups in total. The van der Waals surface area contributed by atoms with Crippen LogP contribution in [-0.2, 0) is 0 Å². The van der Waals surface area contributed by atoms with E-state index in [0.717, 1.165) is 0 Å². The number of nitro groups is 1. The van der Waals surface area contributed by atoms with Crippen molar-refractivity contribution in [3.05, 3.63) is 51.6 Å². The Balaban J connectivity index is 2.64. The van der Waals surface area contributed by atoms with Crippen LogP contribution in [0, 0.1) is 10.1 Å². The lowest BCUT2D eigenvalue weighted by atomic mass is 10.1. The second kappa shape index (κ2) is 8.79. The van der Waals surface area contributed by atoms with Gasteiger partial charge in [-0.15, -0.1) is 0 Å². The first kappa shape index (κ1) is 19.9. The smallest absolute Gasteiger partial charge is 0.277 e. The summed E-state index contributed by atoms with van der Waals surface area (Å²) in [5.74, 6) is 2.17. The largest absolute Gasteiger partial charge is 0.496 e. The summed E-state index contributed by atoms with van der Waals surface area (Å²) in [6.45, 7) is 0. The average Bonchev–Trinajstić information content (AvgIpc) is 2.70. The molecule has 0 saturated heterocycles. The Labute approximate surface area is 157 Å². The molecule has 0 aliphatic rings. The van der Waals surface area contributed by atoms with Crippen molar-refractivity contribution in [2.24, 2.45) is 0 Å². The molecule has 0 atom stereocenters. The topological polar surface area (TPSA) is 89.3 Å². The van der Waals surface area contributed by atoms with E-state index in [0.29, 0.717) is 39.9 Å². The van der Waals surface area contributed by atoms with Crippen LogP contribution in [0.5, 0.6) is 28.7 Å². The van der Waals surface area contributed by atoms with E-state index in [1.807, 2.05) is 0 Å². The quantitative estimate of drug-likeness (QED) is 0.396. The number of hydrogen-bond acceptors (Lipinski definition) is 7. The fourth-order valence-corrected chi connectivity index (χ4v) is 2.55. The SMILES string of the molecule is COc1cc(OC)c(OC)cc1C=C(c1ccc(OC)c(OC)c1)[N+](=O)[O-]. The first-order chi connectivity index (χ1) is 13.0. The van der Waals surface area contributed by atoms with Crippen LogP contribution in [0.3, 0.4) is 0 Å². The Kier molecular flexibility index (Phi) is 6.48. The minimum atomic E-state index is -0.475. The van der Waals surface area contributed by atoms with Gasteiger partial charge in [0.25, 0.3) is 5.70 Å². The van der Waals surface area contributed by atoms with E-state index in [2.05, 4.69) is 0 Å². The maximum absolute atomic E-state index is 11.7. The Hall–Kier alpha value is -3.42. The molecule has 8 nitrogen and oxygen atoms in total. The molecule has 8 heteroatoms. The summed E-state index contributed by atoms with van der Waals surface area (Å²) < 4.78 is 26.3. The zero-order valence-electron chi connectivity index (χ0n) is 15.8. The van der Waals surface area contributed by atoms with Crippen molar-refractivity contribution < 1.29 is 28.6 Å². The second-order valence-corrected chi connectivity index (χ2v) is 5.31. The van der Waals surface area contributed by atoms with Gasteiger partial charge in [0.2, 0.25) is 0 Å². The predicted molar refractivity (Wildman–Crippen MR) is 101 cm³/mol. The molecule has 0 saturated carbocycles. The maximum atomic E-state index is 11.7. The van der Waals surface area contributed by atoms with Crippen molar-refractivity contribution in [3.63, 3.8) is 0 Å². The zero-order valence-corrected chi connectivity index (χ0v) is 15.8. The van der Waals surface area contributed by atoms with Gasteiger partial charge in [0, 0.05) is 17.7 Å². The highest BCUT2D eigenvalue weighted by Crippen LogP contribution is 2.37. The van der Waals surface area contributed by atoms with Gasteiger partial charge in [-0.3, -0.25) is 10.1 Å². The van der Waals surface area contributed by atoms with Crippen molar-refractivity contribution >= 4 is 11.8 Å². The van der Waals surface area contributed by atoms with E-state index in [1.54, 1.807) is 30.3 Å². The summed E-state index contributed by atoms with van der Waals surface area (Å²) in [6.07, 6.45) is 1.40. The van der Waals surface area contributed by atoms with Crippen LogP contribution in [0.4, 0.5) is 0 Å². The molecule has 0 bridgehead atoms. The van der Waals surface area contributed by atoms with E-state index < -0.39 is 4.92 Å². The van der Waals surface area contributed by atoms with E-state index in [-0.39, 0.29) is 5.70 Å². The van der Waals surface area contributed by atoms with Crippen molar-refractivity contribution in [1.29, 1.82) is 0 Å². The number of rotatable bonds is 8. The predicted octanol–water partition coefficient (Wildman–Crippen LogP) is 3.50. The molecule has 0 aliphatic carbocycles. The molecule has 2 aromatic rings. The van der Waals surface area contributed by atoms with Gasteiger partial charge in [-0.25, -0.2) is 0 Å². The second-order valence-electron chi connectivity index (χ2n) is 5.31. The third-order valence-electron chi connectivity index (χ3n) is 3.90. The van der Waals surface area contributed by atoms with E-state index in [4.69, 9.17) is 23.7 Å². The molecule has 0 radical (unpaired) electrons. The first-order valence-electron chi connectivity index (χ1n) is 7.87. The van der Waals surface area contributed by atoms with Crippen LogP contribution in [0.25, 0.3) is 11.8 Å². The van der Waals surface area contributed by atoms with Gasteiger partial charge in [-0.05, 0) is 24.3 Å². The van der Waals surface area contributed by atoms with Crippen LogP contribution in [0.15, 0.2) is 30.3 Å². The molecule has 0 fully saturated rings. The van der Waals surface area contributed by atoms with Crippen molar-refractivity contribution in [2.45, 2.75) is 0 Å². The van der Waals surface area contributed by atoms with Gasteiger partial charge >= 0.3 is 0 Å². The highest BCUT2D eigenvalue weighted by molar-refractivity contribution is 5.80. The van der Waals surface area contributed by atoms with Gasteiger partial charge in [0.05, 0.1) is 46.0 Å². The Bertz CT molecular complexity index is 861. The molecule has 144 valence electrons. The summed E-state index contributed by atoms with van der Waals surface area (Å²) in [5.41, 5.74) is 0.688. The van der Waals surface area contributed by atoms with E-state index in [9.17, 15) is 10.1 Å². The van der Waals surface area contributed by atoms with Gasteiger partial charge in [0.15, 0.2) is 23.0 Å². The maximum Gasteiger partial charge on any atom is 0.277 e. The van der Waals surface area contributed by atoms with Gasteiger partial charge < -0.3 is 23.7 Å². The molecule has 2 aromatic carbocycles. The van der Waals surface area contributed by atoms with Gasteiger partial charge in [-0.2, -0.15) is 0 Å². The Morgan fingerprint density at radius 2 is 1.30 bits per heavy atom. The molecular weight excluding hydrogens is 354 g/mol. The molecule has 0 aromatic heterocycles. The standard InChI is InChI=1S/C19H21NO7/c1-23-15-7-6-12(9-17(15)25-3)14(20(21)22)8-13-10-18(26-4)19(27-5)11-16(13)24-2/h6-11H,1-5H3. The number of nitrogens with zero attached hydrogens (tertiary/aromatic N) is 1. The molecule has 0 unspecified atom stereocenters. The molecular formula is C19H21NO7. The molecule has 0 amide bonds. The lowest BCUT2D eigenvalue weighted by Crippen LogP contribution is -2.01. The summed E-state index contributed by atoms with van der Waals surface area (Å²) >= 11 is 0. The normalized spacial score (nSPS) is 10.9. The van der Waals surface area contributed by atoms with Crippen LogP contribution in [-0.4, -0.2) is 40.5 Å². The number of benzene rings is 2. The third kappa shape index (κ3) is 4.22. The molecule has 0 spiro atoms. The zero-order chi connectivity index (χ0) is 20.0. The molecule has 2 rings (SSSR count). The fraction of sp³-hybridized carbons (Fsp3) is 0.263. The summed E-state index contributed by atoms with van der Waals surface area (Å²) in [4.78, 5) is 11.2. The number of hydrogen-bond donors (Lipinski definition) is 0. The van der Waals surface area contributed by atoms with Crippen molar-refractivity contribution in [2.75, 3.05) is 35.5 Å². The highest BCUT2D eigenvalue weighted by atomic mass is 16.6. The minimum absolute atomic E-state index is 0.138. The third-order valence-corrected chi connectivity index (χ3v) is 3.90. The lowest BCUT2D eigenvalue weighted by Gasteiger charge is -2.12. The summed E-state index contributed by atoms with van der Waals surface area (Å²) in [7, 11) is 7.42. The van der Waals surface area contributed by atoms with Crippen LogP contribution in [0.2, 0.25) is 0 Å². The Morgan fingerprint density at radius 3 is 1.81 bits per heavy atom. The molecule has 0 heterocycles. The minimum Gasteiger partial charge on any atom is -0.496 e. The van der Waals surface area contributed by atoms with Crippen LogP contribution >= 0.6 is 0 Å². The molecule has 0 aliphatic heterocycles. The van der Waals surface area contributed by atoms with E-state index in [1.165, 1.54) is 41.6 Å². The van der Waals surface area contributed by atoms with Crippen molar-refractivity contribution in [1.82, 2.24) is 0 Å². The van der Waals surface area contributed by atoms with Gasteiger partial charge in [0.1, 0.15) is 5.75 Å². The van der Waals surface area contributed by atoms with Gasteiger partial charge in [-0.1, -0.05) is 0 Å². The highest BCUT2D eigenvalue weighted by Gasteiger charge is 2.20. The Morgan fingerprint density at radius 1 is 0.778 bits per heavy atom. The number of ether oxygens (including phenoxy) is 5. The first-order valence-corrected chi connectivity index (χ1v) is 7.87. The summed E-state index contributed by atoms with van der Waals surface area (Å²) in [5, 5.41) is 11.7.